The van der Waals surface area contributed by atoms with Crippen molar-refractivity contribution in [1.29, 1.82) is 0 Å². The Labute approximate surface area is 113 Å². The van der Waals surface area contributed by atoms with Crippen molar-refractivity contribution in [2.45, 2.75) is 19.5 Å². The van der Waals surface area contributed by atoms with Crippen molar-refractivity contribution in [2.24, 2.45) is 0 Å². The summed E-state index contributed by atoms with van der Waals surface area (Å²) in [6.07, 6.45) is 1.93. The molecule has 2 rings (SSSR count). The largest absolute Gasteiger partial charge is 0.493 e. The summed E-state index contributed by atoms with van der Waals surface area (Å²) >= 11 is 0. The summed E-state index contributed by atoms with van der Waals surface area (Å²) in [7, 11) is 3.29. The molecule has 4 heteroatoms. The van der Waals surface area contributed by atoms with E-state index in [9.17, 15) is 0 Å². The Bertz CT molecular complexity index is 509. The number of aromatic amines is 1. The highest BCUT2D eigenvalue weighted by molar-refractivity contribution is 5.43. The Morgan fingerprint density at radius 2 is 1.95 bits per heavy atom. The summed E-state index contributed by atoms with van der Waals surface area (Å²) in [5.41, 5.74) is 2.34. The van der Waals surface area contributed by atoms with Crippen molar-refractivity contribution in [1.82, 2.24) is 10.3 Å². The number of nitrogens with one attached hydrogen (secondary N) is 2. The lowest BCUT2D eigenvalue weighted by atomic mass is 10.1. The van der Waals surface area contributed by atoms with Gasteiger partial charge < -0.3 is 19.8 Å². The lowest BCUT2D eigenvalue weighted by Gasteiger charge is -2.16. The van der Waals surface area contributed by atoms with Gasteiger partial charge in [0.25, 0.3) is 0 Å². The van der Waals surface area contributed by atoms with Gasteiger partial charge in [-0.25, -0.2) is 0 Å². The van der Waals surface area contributed by atoms with Crippen LogP contribution < -0.4 is 14.8 Å². The maximum Gasteiger partial charge on any atom is 0.161 e. The minimum atomic E-state index is 0.239. The Morgan fingerprint density at radius 1 is 1.16 bits per heavy atom. The van der Waals surface area contributed by atoms with E-state index in [4.69, 9.17) is 9.47 Å². The Balaban J connectivity index is 2.04. The zero-order chi connectivity index (χ0) is 13.7. The predicted molar refractivity (Wildman–Crippen MR) is 75.6 cm³/mol. The molecule has 0 saturated heterocycles. The molecule has 0 aliphatic heterocycles. The molecule has 102 valence electrons. The third kappa shape index (κ3) is 3.29. The molecule has 0 amide bonds. The van der Waals surface area contributed by atoms with Gasteiger partial charge in [-0.05, 0) is 36.8 Å². The monoisotopic (exact) mass is 260 g/mol. The minimum absolute atomic E-state index is 0.239. The maximum atomic E-state index is 5.32. The van der Waals surface area contributed by atoms with E-state index in [1.54, 1.807) is 14.2 Å². The van der Waals surface area contributed by atoms with Gasteiger partial charge in [0.2, 0.25) is 0 Å². The lowest BCUT2D eigenvalue weighted by Crippen LogP contribution is -2.18. The molecule has 0 bridgehead atoms. The van der Waals surface area contributed by atoms with Crippen LogP contribution in [0.2, 0.25) is 0 Å². The first-order chi connectivity index (χ1) is 9.24. The highest BCUT2D eigenvalue weighted by atomic mass is 16.5. The van der Waals surface area contributed by atoms with Gasteiger partial charge in [-0.1, -0.05) is 6.07 Å². The number of H-pyrrole nitrogens is 1. The fourth-order valence-corrected chi connectivity index (χ4v) is 1.98. The van der Waals surface area contributed by atoms with E-state index in [1.165, 1.54) is 11.3 Å². The molecular formula is C15H20N2O2. The molecule has 2 N–H and O–H groups in total. The van der Waals surface area contributed by atoms with Gasteiger partial charge in [0, 0.05) is 24.5 Å². The van der Waals surface area contributed by atoms with Gasteiger partial charge in [0.15, 0.2) is 11.5 Å². The van der Waals surface area contributed by atoms with Crippen LogP contribution in [-0.4, -0.2) is 19.2 Å². The molecule has 0 fully saturated rings. The van der Waals surface area contributed by atoms with Crippen LogP contribution >= 0.6 is 0 Å². The number of methoxy groups -OCH3 is 2. The summed E-state index contributed by atoms with van der Waals surface area (Å²) in [6.45, 7) is 2.94. The Morgan fingerprint density at radius 3 is 2.58 bits per heavy atom. The zero-order valence-electron chi connectivity index (χ0n) is 11.6. The summed E-state index contributed by atoms with van der Waals surface area (Å²) in [5.74, 6) is 1.51. The number of hydrogen-bond acceptors (Lipinski definition) is 3. The molecule has 2 aromatic rings. The first kappa shape index (κ1) is 13.5. The van der Waals surface area contributed by atoms with Gasteiger partial charge in [0.1, 0.15) is 0 Å². The smallest absolute Gasteiger partial charge is 0.161 e. The van der Waals surface area contributed by atoms with Crippen molar-refractivity contribution < 1.29 is 9.47 Å². The third-order valence-electron chi connectivity index (χ3n) is 3.17. The molecule has 1 heterocycles. The summed E-state index contributed by atoms with van der Waals surface area (Å²) < 4.78 is 10.6. The normalized spacial score (nSPS) is 12.2. The van der Waals surface area contributed by atoms with Gasteiger partial charge in [-0.2, -0.15) is 0 Å². The number of hydrogen-bond donors (Lipinski definition) is 2. The van der Waals surface area contributed by atoms with Crippen LogP contribution in [0.4, 0.5) is 0 Å². The Hall–Kier alpha value is -1.94. The lowest BCUT2D eigenvalue weighted by molar-refractivity contribution is 0.354. The van der Waals surface area contributed by atoms with E-state index in [0.29, 0.717) is 0 Å². The van der Waals surface area contributed by atoms with Gasteiger partial charge in [-0.3, -0.25) is 0 Å². The first-order valence-corrected chi connectivity index (χ1v) is 6.32. The van der Waals surface area contributed by atoms with Gasteiger partial charge in [0.05, 0.1) is 14.2 Å². The van der Waals surface area contributed by atoms with Crippen molar-refractivity contribution in [3.8, 4) is 11.5 Å². The van der Waals surface area contributed by atoms with E-state index in [0.717, 1.165) is 18.0 Å². The summed E-state index contributed by atoms with van der Waals surface area (Å²) in [4.78, 5) is 3.18. The van der Waals surface area contributed by atoms with E-state index < -0.39 is 0 Å². The highest BCUT2D eigenvalue weighted by Crippen LogP contribution is 2.29. The van der Waals surface area contributed by atoms with Crippen LogP contribution in [0.5, 0.6) is 11.5 Å². The van der Waals surface area contributed by atoms with Crippen LogP contribution in [0.25, 0.3) is 0 Å². The molecular weight excluding hydrogens is 240 g/mol. The fourth-order valence-electron chi connectivity index (χ4n) is 1.98. The van der Waals surface area contributed by atoms with E-state index >= 15 is 0 Å². The number of benzene rings is 1. The second kappa shape index (κ2) is 6.29. The van der Waals surface area contributed by atoms with E-state index in [2.05, 4.69) is 23.3 Å². The third-order valence-corrected chi connectivity index (χ3v) is 3.17. The SMILES string of the molecule is COc1ccc(C(C)NCc2ccc[nH]2)cc1OC. The molecule has 0 aliphatic rings. The molecule has 0 spiro atoms. The molecule has 0 radical (unpaired) electrons. The molecule has 0 saturated carbocycles. The maximum absolute atomic E-state index is 5.32. The fraction of sp³-hybridized carbons (Fsp3) is 0.333. The van der Waals surface area contributed by atoms with Crippen molar-refractivity contribution >= 4 is 0 Å². The highest BCUT2D eigenvalue weighted by Gasteiger charge is 2.09. The number of rotatable bonds is 6. The number of ether oxygens (including phenoxy) is 2. The average Bonchev–Trinajstić information content (AvgIpc) is 2.97. The Kier molecular flexibility index (Phi) is 4.47. The van der Waals surface area contributed by atoms with Gasteiger partial charge >= 0.3 is 0 Å². The van der Waals surface area contributed by atoms with Crippen LogP contribution in [-0.2, 0) is 6.54 Å². The first-order valence-electron chi connectivity index (χ1n) is 6.32. The van der Waals surface area contributed by atoms with E-state index in [1.807, 2.05) is 30.5 Å². The minimum Gasteiger partial charge on any atom is -0.493 e. The van der Waals surface area contributed by atoms with Crippen LogP contribution in [0.15, 0.2) is 36.5 Å². The van der Waals surface area contributed by atoms with Crippen LogP contribution in [0.3, 0.4) is 0 Å². The molecule has 1 aromatic heterocycles. The quantitative estimate of drug-likeness (QED) is 0.839. The molecule has 19 heavy (non-hydrogen) atoms. The predicted octanol–water partition coefficient (Wildman–Crippen LogP) is 2.88. The number of aromatic nitrogens is 1. The van der Waals surface area contributed by atoms with Crippen molar-refractivity contribution in [3.63, 3.8) is 0 Å². The standard InChI is InChI=1S/C15H20N2O2/c1-11(17-10-13-5-4-8-16-13)12-6-7-14(18-2)15(9-12)19-3/h4-9,11,16-17H,10H2,1-3H3. The second-order valence-electron chi connectivity index (χ2n) is 4.41. The topological polar surface area (TPSA) is 46.3 Å². The zero-order valence-corrected chi connectivity index (χ0v) is 11.6. The van der Waals surface area contributed by atoms with Gasteiger partial charge in [-0.15, -0.1) is 0 Å². The molecule has 1 aromatic carbocycles. The average molecular weight is 260 g/mol. The van der Waals surface area contributed by atoms with Crippen molar-refractivity contribution in [2.75, 3.05) is 14.2 Å². The summed E-state index contributed by atoms with van der Waals surface area (Å²) in [5, 5.41) is 3.46. The second-order valence-corrected chi connectivity index (χ2v) is 4.41. The molecule has 1 atom stereocenters. The van der Waals surface area contributed by atoms with Crippen LogP contribution in [0, 0.1) is 0 Å². The van der Waals surface area contributed by atoms with E-state index in [-0.39, 0.29) is 6.04 Å². The van der Waals surface area contributed by atoms with Crippen molar-refractivity contribution in [3.05, 3.63) is 47.8 Å². The summed E-state index contributed by atoms with van der Waals surface area (Å²) in [6, 6.07) is 10.3. The molecule has 0 aliphatic carbocycles. The molecule has 1 unspecified atom stereocenters. The molecule has 4 nitrogen and oxygen atoms in total. The van der Waals surface area contributed by atoms with Crippen LogP contribution in [0.1, 0.15) is 24.2 Å².